The van der Waals surface area contributed by atoms with Crippen molar-refractivity contribution in [3.63, 3.8) is 0 Å². The van der Waals surface area contributed by atoms with Crippen molar-refractivity contribution in [2.24, 2.45) is 22.7 Å². The molecule has 1 spiro atoms. The molecule has 0 bridgehead atoms. The predicted octanol–water partition coefficient (Wildman–Crippen LogP) is 3.70. The second-order valence-corrected chi connectivity index (χ2v) is 11.0. The van der Waals surface area contributed by atoms with Gasteiger partial charge in [-0.1, -0.05) is 13.8 Å². The lowest BCUT2D eigenvalue weighted by Crippen LogP contribution is -2.71. The molecule has 5 rings (SSSR count). The third-order valence-electron chi connectivity index (χ3n) is 9.38. The van der Waals surface area contributed by atoms with Crippen LogP contribution in [0, 0.1) is 22.7 Å². The number of fused-ring (bicyclic) bond motifs is 4. The average Bonchev–Trinajstić information content (AvgIpc) is 3.12. The predicted molar refractivity (Wildman–Crippen MR) is 120 cm³/mol. The maximum atomic E-state index is 12.3. The van der Waals surface area contributed by atoms with E-state index in [1.54, 1.807) is 12.5 Å². The van der Waals surface area contributed by atoms with Crippen LogP contribution < -0.4 is 0 Å². The highest BCUT2D eigenvalue weighted by Crippen LogP contribution is 2.74. The maximum absolute atomic E-state index is 12.3. The molecule has 2 aliphatic carbocycles. The molecule has 4 aliphatic rings. The second kappa shape index (κ2) is 8.06. The molecule has 10 atom stereocenters. The molecule has 4 fully saturated rings. The van der Waals surface area contributed by atoms with E-state index in [4.69, 9.17) is 28.1 Å². The third-order valence-corrected chi connectivity index (χ3v) is 9.38. The highest BCUT2D eigenvalue weighted by molar-refractivity contribution is 5.68. The van der Waals surface area contributed by atoms with Crippen LogP contribution in [0.4, 0.5) is 0 Å². The van der Waals surface area contributed by atoms with Crippen molar-refractivity contribution in [3.8, 4) is 0 Å². The molecule has 0 radical (unpaired) electrons. The Hall–Kier alpha value is -2.39. The molecular formula is C26H34O9. The summed E-state index contributed by atoms with van der Waals surface area (Å²) >= 11 is 0. The van der Waals surface area contributed by atoms with E-state index >= 15 is 0 Å². The van der Waals surface area contributed by atoms with Crippen molar-refractivity contribution in [2.75, 3.05) is 0 Å². The van der Waals surface area contributed by atoms with Crippen molar-refractivity contribution in [2.45, 2.75) is 97.1 Å². The first kappa shape index (κ1) is 24.3. The molecule has 4 unspecified atom stereocenters. The molecule has 35 heavy (non-hydrogen) atoms. The summed E-state index contributed by atoms with van der Waals surface area (Å²) in [7, 11) is 0. The van der Waals surface area contributed by atoms with Crippen LogP contribution in [0.3, 0.4) is 0 Å². The van der Waals surface area contributed by atoms with E-state index in [0.29, 0.717) is 6.42 Å². The first-order valence-corrected chi connectivity index (χ1v) is 12.3. The number of rotatable bonds is 4. The molecule has 1 aromatic rings. The molecule has 9 nitrogen and oxygen atoms in total. The smallest absolute Gasteiger partial charge is 0.304 e. The number of esters is 3. The van der Waals surface area contributed by atoms with Gasteiger partial charge in [-0.15, -0.1) is 0 Å². The van der Waals surface area contributed by atoms with Gasteiger partial charge in [-0.2, -0.15) is 0 Å². The topological polar surface area (TPSA) is 114 Å². The summed E-state index contributed by atoms with van der Waals surface area (Å²) in [5.41, 5.74) is -1.18. The largest absolute Gasteiger partial charge is 0.472 e. The van der Waals surface area contributed by atoms with Gasteiger partial charge in [0.25, 0.3) is 0 Å². The Labute approximate surface area is 204 Å². The van der Waals surface area contributed by atoms with Crippen LogP contribution >= 0.6 is 0 Å². The quantitative estimate of drug-likeness (QED) is 0.354. The van der Waals surface area contributed by atoms with Gasteiger partial charge in [0, 0.05) is 43.1 Å². The van der Waals surface area contributed by atoms with Crippen LogP contribution in [0.15, 0.2) is 23.0 Å². The number of ether oxygens (including phenoxy) is 5. The zero-order valence-corrected chi connectivity index (χ0v) is 21.1. The molecule has 2 saturated heterocycles. The van der Waals surface area contributed by atoms with E-state index in [-0.39, 0.29) is 24.0 Å². The highest BCUT2D eigenvalue weighted by atomic mass is 16.7. The fraction of sp³-hybridized carbons (Fsp3) is 0.731. The number of hydrogen-bond acceptors (Lipinski definition) is 9. The Kier molecular flexibility index (Phi) is 5.60. The van der Waals surface area contributed by atoms with E-state index in [0.717, 1.165) is 18.4 Å². The van der Waals surface area contributed by atoms with Gasteiger partial charge in [-0.25, -0.2) is 0 Å². The van der Waals surface area contributed by atoms with E-state index in [9.17, 15) is 14.4 Å². The standard InChI is InChI=1S/C26H34O9/c1-13-21(31-14(2)27)22(32-15(3)28)24(5)19(7-8-20-25(24,6)35-20)26(13)11-18(17-9-10-30-12-17)34-23(26)33-16(4)29/h9-10,12-13,18-23H,7-8,11H2,1-6H3/t13-,18?,19?,20?,21-,22-,23?,24+,25+,26-/m1/s1. The lowest BCUT2D eigenvalue weighted by molar-refractivity contribution is -0.281. The zero-order chi connectivity index (χ0) is 25.3. The monoisotopic (exact) mass is 490 g/mol. The van der Waals surface area contributed by atoms with Gasteiger partial charge < -0.3 is 28.1 Å². The van der Waals surface area contributed by atoms with Crippen LogP contribution in [0.1, 0.15) is 72.5 Å². The first-order chi connectivity index (χ1) is 16.4. The molecule has 0 amide bonds. The van der Waals surface area contributed by atoms with Gasteiger partial charge in [0.15, 0.2) is 0 Å². The van der Waals surface area contributed by atoms with Crippen LogP contribution in [0.25, 0.3) is 0 Å². The van der Waals surface area contributed by atoms with Crippen LogP contribution in [0.5, 0.6) is 0 Å². The lowest BCUT2D eigenvalue weighted by Gasteiger charge is -2.63. The minimum absolute atomic E-state index is 0.0180. The summed E-state index contributed by atoms with van der Waals surface area (Å²) in [6.07, 6.45) is 2.60. The van der Waals surface area contributed by atoms with Gasteiger partial charge in [0.1, 0.15) is 17.8 Å². The molecule has 2 aliphatic heterocycles. The van der Waals surface area contributed by atoms with Crippen LogP contribution in [-0.2, 0) is 38.1 Å². The molecule has 0 N–H and O–H groups in total. The van der Waals surface area contributed by atoms with Gasteiger partial charge in [-0.05, 0) is 38.2 Å². The fourth-order valence-electron chi connectivity index (χ4n) is 7.68. The van der Waals surface area contributed by atoms with Crippen LogP contribution in [-0.4, -0.2) is 48.1 Å². The Morgan fingerprint density at radius 2 is 1.69 bits per heavy atom. The summed E-state index contributed by atoms with van der Waals surface area (Å²) in [5.74, 6) is -1.83. The van der Waals surface area contributed by atoms with E-state index < -0.39 is 52.8 Å². The van der Waals surface area contributed by atoms with Gasteiger partial charge in [-0.3, -0.25) is 14.4 Å². The minimum Gasteiger partial charge on any atom is -0.472 e. The van der Waals surface area contributed by atoms with Crippen molar-refractivity contribution < 1.29 is 42.5 Å². The van der Waals surface area contributed by atoms with Crippen molar-refractivity contribution >= 4 is 17.9 Å². The fourth-order valence-corrected chi connectivity index (χ4v) is 7.68. The molecule has 1 aromatic heterocycles. The number of epoxide rings is 1. The third kappa shape index (κ3) is 3.38. The molecule has 192 valence electrons. The van der Waals surface area contributed by atoms with E-state index in [2.05, 4.69) is 6.92 Å². The SMILES string of the molecule is CC(=O)OC1OC(c2ccoc2)C[C@@]12C1CCC3O[C@]3(C)[C@]1(C)[C@H](OC(C)=O)[C@H](OC(C)=O)[C@H]2C. The summed E-state index contributed by atoms with van der Waals surface area (Å²) in [6, 6.07) is 1.84. The summed E-state index contributed by atoms with van der Waals surface area (Å²) in [5, 5.41) is 0. The summed E-state index contributed by atoms with van der Waals surface area (Å²) in [4.78, 5) is 36.9. The number of hydrogen-bond donors (Lipinski definition) is 0. The molecule has 3 heterocycles. The van der Waals surface area contributed by atoms with Gasteiger partial charge in [0.2, 0.25) is 6.29 Å². The Balaban J connectivity index is 1.69. The maximum Gasteiger partial charge on any atom is 0.304 e. The molecule has 0 aromatic carbocycles. The minimum atomic E-state index is -0.880. The number of furan rings is 1. The average molecular weight is 491 g/mol. The zero-order valence-electron chi connectivity index (χ0n) is 21.1. The number of carbonyl (C=O) groups excluding carboxylic acids is 3. The van der Waals surface area contributed by atoms with Gasteiger partial charge in [0.05, 0.1) is 24.7 Å². The molecule has 9 heteroatoms. The van der Waals surface area contributed by atoms with Crippen molar-refractivity contribution in [1.29, 1.82) is 0 Å². The van der Waals surface area contributed by atoms with Crippen molar-refractivity contribution in [1.82, 2.24) is 0 Å². The van der Waals surface area contributed by atoms with E-state index in [1.807, 2.05) is 19.9 Å². The Morgan fingerprint density at radius 1 is 1.00 bits per heavy atom. The van der Waals surface area contributed by atoms with E-state index in [1.165, 1.54) is 20.8 Å². The molecular weight excluding hydrogens is 456 g/mol. The van der Waals surface area contributed by atoms with Gasteiger partial charge >= 0.3 is 17.9 Å². The van der Waals surface area contributed by atoms with Crippen molar-refractivity contribution in [3.05, 3.63) is 24.2 Å². The Bertz CT molecular complexity index is 1020. The lowest BCUT2D eigenvalue weighted by atomic mass is 9.42. The second-order valence-electron chi connectivity index (χ2n) is 11.0. The van der Waals surface area contributed by atoms with Crippen LogP contribution in [0.2, 0.25) is 0 Å². The number of carbonyl (C=O) groups is 3. The first-order valence-electron chi connectivity index (χ1n) is 12.3. The Morgan fingerprint density at radius 3 is 2.29 bits per heavy atom. The normalized spacial score (nSPS) is 45.8. The summed E-state index contributed by atoms with van der Waals surface area (Å²) in [6.45, 7) is 10.2. The highest BCUT2D eigenvalue weighted by Gasteiger charge is 2.81. The molecule has 2 saturated carbocycles. The summed E-state index contributed by atoms with van der Waals surface area (Å²) < 4.78 is 35.8.